The first-order chi connectivity index (χ1) is 8.29. The van der Waals surface area contributed by atoms with E-state index in [1.807, 2.05) is 0 Å². The maximum atomic E-state index is 5.38. The van der Waals surface area contributed by atoms with E-state index in [1.54, 1.807) is 0 Å². The lowest BCUT2D eigenvalue weighted by molar-refractivity contribution is 0.418. The van der Waals surface area contributed by atoms with E-state index in [0.717, 1.165) is 17.0 Å². The van der Waals surface area contributed by atoms with Gasteiger partial charge in [-0.2, -0.15) is 0 Å². The van der Waals surface area contributed by atoms with Crippen LogP contribution in [0, 0.1) is 11.8 Å². The summed E-state index contributed by atoms with van der Waals surface area (Å²) in [4.78, 5) is 2.54. The molecule has 0 unspecified atom stereocenters. The fraction of sp³-hybridized carbons (Fsp3) is 1.00. The van der Waals surface area contributed by atoms with Crippen LogP contribution in [0.25, 0.3) is 0 Å². The van der Waals surface area contributed by atoms with Gasteiger partial charge >= 0.3 is 0 Å². The minimum Gasteiger partial charge on any atom is -0.328 e. The molecule has 1 fully saturated rings. The Morgan fingerprint density at radius 3 is 1.61 bits per heavy atom. The predicted octanol–water partition coefficient (Wildman–Crippen LogP) is 4.14. The quantitative estimate of drug-likeness (QED) is 0.765. The van der Waals surface area contributed by atoms with Crippen LogP contribution in [0.5, 0.6) is 0 Å². The van der Waals surface area contributed by atoms with Crippen molar-refractivity contribution in [1.29, 1.82) is 0 Å². The first-order valence-electron chi connectivity index (χ1n) is 6.47. The average Bonchev–Trinajstić information content (AvgIpc) is 2.14. The molecule has 0 saturated heterocycles. The standard InChI is InChI=1S/C4H9Cl2N.C4H10ClN.C4H9N/c1-4(2)3-7(5)6;1-4(2)3-6-5;5-4-2-1-3-4/h4H,3H2,1-2H3;4,6H,3H2,1-2H3;4H,1-3,5H2. The minimum absolute atomic E-state index is 0.537. The Bertz CT molecular complexity index is 157. The van der Waals surface area contributed by atoms with Crippen LogP contribution >= 0.6 is 35.3 Å². The van der Waals surface area contributed by atoms with Crippen LogP contribution in [0.15, 0.2) is 0 Å². The van der Waals surface area contributed by atoms with Gasteiger partial charge in [0.25, 0.3) is 0 Å². The third kappa shape index (κ3) is 22.0. The van der Waals surface area contributed by atoms with Gasteiger partial charge in [0.15, 0.2) is 0 Å². The Morgan fingerprint density at radius 1 is 1.17 bits per heavy atom. The molecule has 3 nitrogen and oxygen atoms in total. The number of hydrogen-bond donors (Lipinski definition) is 2. The second-order valence-corrected chi connectivity index (χ2v) is 6.56. The van der Waals surface area contributed by atoms with E-state index in [0.29, 0.717) is 17.9 Å². The second-order valence-electron chi connectivity index (χ2n) is 5.30. The summed E-state index contributed by atoms with van der Waals surface area (Å²) < 4.78 is 1.14. The van der Waals surface area contributed by atoms with Gasteiger partial charge in [-0.3, -0.25) is 0 Å². The van der Waals surface area contributed by atoms with Crippen molar-refractivity contribution in [3.63, 3.8) is 0 Å². The van der Waals surface area contributed by atoms with Crippen LogP contribution in [-0.4, -0.2) is 23.1 Å². The van der Waals surface area contributed by atoms with Gasteiger partial charge in [0, 0.05) is 19.1 Å². The Kier molecular flexibility index (Phi) is 16.6. The molecule has 0 spiro atoms. The number of rotatable bonds is 4. The highest BCUT2D eigenvalue weighted by molar-refractivity contribution is 6.33. The van der Waals surface area contributed by atoms with Gasteiger partial charge < -0.3 is 5.73 Å². The SMILES string of the molecule is CC(C)CN(Cl)Cl.CC(C)CNCl.NC1CCC1. The molecule has 0 bridgehead atoms. The summed E-state index contributed by atoms with van der Waals surface area (Å²) in [5, 5.41) is 0. The van der Waals surface area contributed by atoms with Gasteiger partial charge in [-0.1, -0.05) is 34.1 Å². The smallest absolute Gasteiger partial charge is 0.0327 e. The van der Waals surface area contributed by atoms with Crippen LogP contribution in [0.4, 0.5) is 0 Å². The summed E-state index contributed by atoms with van der Waals surface area (Å²) in [7, 11) is 0. The van der Waals surface area contributed by atoms with E-state index in [1.165, 1.54) is 19.3 Å². The zero-order valence-corrected chi connectivity index (χ0v) is 14.2. The number of hydrogen-bond acceptors (Lipinski definition) is 3. The summed E-state index contributed by atoms with van der Waals surface area (Å²) in [5.74, 6) is 1.19. The average molecular weight is 321 g/mol. The summed E-state index contributed by atoms with van der Waals surface area (Å²) in [6.07, 6.45) is 3.89. The van der Waals surface area contributed by atoms with E-state index in [9.17, 15) is 0 Å². The monoisotopic (exact) mass is 319 g/mol. The third-order valence-corrected chi connectivity index (χ3v) is 2.57. The molecule has 0 aromatic rings. The van der Waals surface area contributed by atoms with Crippen molar-refractivity contribution in [2.75, 3.05) is 13.1 Å². The van der Waals surface area contributed by atoms with Crippen molar-refractivity contribution in [3.05, 3.63) is 0 Å². The maximum absolute atomic E-state index is 5.38. The lowest BCUT2D eigenvalue weighted by Gasteiger charge is -2.18. The summed E-state index contributed by atoms with van der Waals surface area (Å²) in [6, 6.07) is 0.565. The van der Waals surface area contributed by atoms with Crippen LogP contribution < -0.4 is 10.6 Å². The molecule has 0 aromatic heterocycles. The first kappa shape index (κ1) is 21.1. The highest BCUT2D eigenvalue weighted by atomic mass is 35.5. The summed E-state index contributed by atoms with van der Waals surface area (Å²) in [6.45, 7) is 9.94. The Labute approximate surface area is 128 Å². The lowest BCUT2D eigenvalue weighted by Crippen LogP contribution is -2.27. The van der Waals surface area contributed by atoms with E-state index in [2.05, 4.69) is 32.5 Å². The molecule has 0 heterocycles. The number of nitrogens with two attached hydrogens (primary N) is 1. The molecular weight excluding hydrogens is 293 g/mol. The van der Waals surface area contributed by atoms with E-state index in [4.69, 9.17) is 41.1 Å². The fourth-order valence-corrected chi connectivity index (χ4v) is 1.73. The highest BCUT2D eigenvalue weighted by Gasteiger charge is 2.09. The Morgan fingerprint density at radius 2 is 1.61 bits per heavy atom. The molecule has 0 amide bonds. The maximum Gasteiger partial charge on any atom is 0.0327 e. The van der Waals surface area contributed by atoms with Gasteiger partial charge in [0.05, 0.1) is 0 Å². The van der Waals surface area contributed by atoms with Crippen molar-refractivity contribution in [3.8, 4) is 0 Å². The van der Waals surface area contributed by atoms with Crippen molar-refractivity contribution < 1.29 is 0 Å². The summed E-state index contributed by atoms with van der Waals surface area (Å²) in [5.41, 5.74) is 5.38. The van der Waals surface area contributed by atoms with Crippen molar-refractivity contribution in [2.24, 2.45) is 17.6 Å². The zero-order valence-electron chi connectivity index (χ0n) is 11.9. The molecule has 3 N–H and O–H groups in total. The van der Waals surface area contributed by atoms with Crippen molar-refractivity contribution in [1.82, 2.24) is 8.77 Å². The molecule has 0 aliphatic heterocycles. The molecule has 6 heteroatoms. The number of nitrogens with one attached hydrogen (secondary N) is 1. The van der Waals surface area contributed by atoms with Crippen LogP contribution in [-0.2, 0) is 0 Å². The molecule has 1 aliphatic rings. The molecular formula is C12H28Cl3N3. The van der Waals surface area contributed by atoms with Gasteiger partial charge in [0.2, 0.25) is 0 Å². The molecule has 1 rings (SSSR count). The predicted molar refractivity (Wildman–Crippen MR) is 83.8 cm³/mol. The highest BCUT2D eigenvalue weighted by Crippen LogP contribution is 2.14. The van der Waals surface area contributed by atoms with E-state index in [-0.39, 0.29) is 0 Å². The fourth-order valence-electron chi connectivity index (χ4n) is 0.870. The zero-order chi connectivity index (χ0) is 14.6. The normalized spacial score (nSPS) is 14.8. The number of nitrogens with zero attached hydrogens (tertiary/aromatic N) is 1. The first-order valence-corrected chi connectivity index (χ1v) is 7.53. The van der Waals surface area contributed by atoms with Crippen LogP contribution in [0.2, 0.25) is 0 Å². The van der Waals surface area contributed by atoms with Gasteiger partial charge in [0.1, 0.15) is 0 Å². The topological polar surface area (TPSA) is 41.3 Å². The van der Waals surface area contributed by atoms with Crippen molar-refractivity contribution >= 4 is 35.3 Å². The van der Waals surface area contributed by atoms with Gasteiger partial charge in [-0.15, -0.1) is 3.94 Å². The lowest BCUT2D eigenvalue weighted by atomic mass is 9.95. The molecule has 1 saturated carbocycles. The Balaban J connectivity index is 0. The molecule has 1 aliphatic carbocycles. The van der Waals surface area contributed by atoms with Crippen LogP contribution in [0.3, 0.4) is 0 Å². The minimum atomic E-state index is 0.537. The van der Waals surface area contributed by atoms with E-state index < -0.39 is 0 Å². The molecule has 112 valence electrons. The van der Waals surface area contributed by atoms with Gasteiger partial charge in [-0.05, 0) is 60.0 Å². The summed E-state index contributed by atoms with van der Waals surface area (Å²) >= 11 is 15.7. The van der Waals surface area contributed by atoms with Gasteiger partial charge in [-0.25, -0.2) is 4.84 Å². The van der Waals surface area contributed by atoms with E-state index >= 15 is 0 Å². The van der Waals surface area contributed by atoms with Crippen LogP contribution in [0.1, 0.15) is 47.0 Å². The second kappa shape index (κ2) is 14.2. The Hall–Kier alpha value is 0.750. The number of halogens is 3. The molecule has 0 aromatic carbocycles. The molecule has 18 heavy (non-hydrogen) atoms. The molecule has 0 radical (unpaired) electrons. The third-order valence-electron chi connectivity index (χ3n) is 2.14. The largest absolute Gasteiger partial charge is 0.328 e. The van der Waals surface area contributed by atoms with Crippen molar-refractivity contribution in [2.45, 2.75) is 53.0 Å². The molecule has 0 atom stereocenters.